The maximum absolute atomic E-state index is 13.5. The van der Waals surface area contributed by atoms with Crippen molar-refractivity contribution in [1.29, 1.82) is 5.26 Å². The quantitative estimate of drug-likeness (QED) is 0.672. The number of nitrogens with zero attached hydrogens (tertiary/aromatic N) is 4. The first-order valence-electron chi connectivity index (χ1n) is 8.84. The molecule has 0 amide bonds. The normalized spacial score (nSPS) is 20.5. The summed E-state index contributed by atoms with van der Waals surface area (Å²) >= 11 is 0. The zero-order valence-electron chi connectivity index (χ0n) is 15.1. The van der Waals surface area contributed by atoms with Crippen molar-refractivity contribution < 1.29 is 21.6 Å². The van der Waals surface area contributed by atoms with Crippen LogP contribution in [0.4, 0.5) is 13.2 Å². The molecule has 0 radical (unpaired) electrons. The van der Waals surface area contributed by atoms with Gasteiger partial charge in [-0.05, 0) is 35.4 Å². The molecule has 2 aliphatic heterocycles. The lowest BCUT2D eigenvalue weighted by molar-refractivity contribution is -0.141. The molecular weight excluding hydrogens is 419 g/mol. The van der Waals surface area contributed by atoms with Gasteiger partial charge in [-0.25, -0.2) is 8.42 Å². The maximum Gasteiger partial charge on any atom is 0.433 e. The molecule has 2 aliphatic rings. The van der Waals surface area contributed by atoms with Crippen molar-refractivity contribution in [3.05, 3.63) is 76.4 Å². The Bertz CT molecular complexity index is 1310. The first-order chi connectivity index (χ1) is 14.2. The van der Waals surface area contributed by atoms with Gasteiger partial charge < -0.3 is 0 Å². The summed E-state index contributed by atoms with van der Waals surface area (Å²) < 4.78 is 66.7. The second-order valence-corrected chi connectivity index (χ2v) is 8.94. The molecule has 1 aromatic carbocycles. The summed E-state index contributed by atoms with van der Waals surface area (Å²) in [6.07, 6.45) is -2.08. The SMILES string of the molecule is N#Cc1ccc2c(c1)C1Cc3[nH]ncc3C2N1S(=O)(=O)c1ccc(C(F)(F)F)nc1. The molecule has 2 atom stereocenters. The minimum absolute atomic E-state index is 0.307. The van der Waals surface area contributed by atoms with Gasteiger partial charge in [-0.3, -0.25) is 10.1 Å². The van der Waals surface area contributed by atoms with Gasteiger partial charge in [0.2, 0.25) is 10.0 Å². The van der Waals surface area contributed by atoms with Crippen LogP contribution < -0.4 is 0 Å². The molecule has 4 heterocycles. The number of halogens is 3. The number of nitriles is 1. The molecule has 2 aromatic heterocycles. The van der Waals surface area contributed by atoms with Gasteiger partial charge in [-0.15, -0.1) is 0 Å². The van der Waals surface area contributed by atoms with Gasteiger partial charge in [0.25, 0.3) is 0 Å². The van der Waals surface area contributed by atoms with E-state index >= 15 is 0 Å². The average Bonchev–Trinajstić information content (AvgIpc) is 3.29. The number of benzene rings is 1. The minimum Gasteiger partial charge on any atom is -0.282 e. The molecule has 0 fully saturated rings. The van der Waals surface area contributed by atoms with Crippen molar-refractivity contribution in [2.45, 2.75) is 29.6 Å². The zero-order chi connectivity index (χ0) is 21.3. The number of aromatic amines is 1. The van der Waals surface area contributed by atoms with E-state index in [0.29, 0.717) is 29.2 Å². The van der Waals surface area contributed by atoms with Crippen LogP contribution in [0.15, 0.2) is 47.6 Å². The Morgan fingerprint density at radius 2 is 1.93 bits per heavy atom. The van der Waals surface area contributed by atoms with Crippen LogP contribution in [-0.4, -0.2) is 27.9 Å². The highest BCUT2D eigenvalue weighted by molar-refractivity contribution is 7.89. The topological polar surface area (TPSA) is 103 Å². The monoisotopic (exact) mass is 431 g/mol. The van der Waals surface area contributed by atoms with Crippen LogP contribution in [0.1, 0.15) is 45.7 Å². The molecule has 30 heavy (non-hydrogen) atoms. The summed E-state index contributed by atoms with van der Waals surface area (Å²) in [5.74, 6) is 0. The Morgan fingerprint density at radius 3 is 2.60 bits per heavy atom. The Balaban J connectivity index is 1.65. The van der Waals surface area contributed by atoms with E-state index in [1.165, 1.54) is 4.31 Å². The van der Waals surface area contributed by atoms with E-state index in [-0.39, 0.29) is 4.90 Å². The molecule has 2 unspecified atom stereocenters. The number of hydrogen-bond acceptors (Lipinski definition) is 5. The van der Waals surface area contributed by atoms with Crippen molar-refractivity contribution in [3.8, 4) is 6.07 Å². The Kier molecular flexibility index (Phi) is 3.84. The van der Waals surface area contributed by atoms with Crippen LogP contribution in [0.3, 0.4) is 0 Å². The zero-order valence-corrected chi connectivity index (χ0v) is 15.9. The first kappa shape index (κ1) is 18.8. The predicted molar refractivity (Wildman–Crippen MR) is 96.3 cm³/mol. The highest BCUT2D eigenvalue weighted by Gasteiger charge is 2.51. The Morgan fingerprint density at radius 1 is 1.13 bits per heavy atom. The number of sulfonamides is 1. The van der Waals surface area contributed by atoms with E-state index in [1.54, 1.807) is 24.4 Å². The summed E-state index contributed by atoms with van der Waals surface area (Å²) in [4.78, 5) is 2.97. The lowest BCUT2D eigenvalue weighted by Crippen LogP contribution is -2.37. The number of aromatic nitrogens is 3. The highest BCUT2D eigenvalue weighted by atomic mass is 32.2. The van der Waals surface area contributed by atoms with Gasteiger partial charge in [0, 0.05) is 23.9 Å². The Hall–Kier alpha value is -3.23. The number of pyridine rings is 1. The molecule has 0 saturated heterocycles. The lowest BCUT2D eigenvalue weighted by atomic mass is 9.99. The number of hydrogen-bond donors (Lipinski definition) is 1. The molecule has 7 nitrogen and oxygen atoms in total. The fourth-order valence-corrected chi connectivity index (χ4v) is 5.88. The minimum atomic E-state index is -4.66. The molecule has 0 spiro atoms. The van der Waals surface area contributed by atoms with E-state index in [2.05, 4.69) is 21.3 Å². The van der Waals surface area contributed by atoms with Gasteiger partial charge in [-0.1, -0.05) is 6.07 Å². The fourth-order valence-electron chi connectivity index (χ4n) is 4.18. The van der Waals surface area contributed by atoms with E-state index in [1.807, 2.05) is 0 Å². The van der Waals surface area contributed by atoms with Gasteiger partial charge >= 0.3 is 6.18 Å². The summed E-state index contributed by atoms with van der Waals surface area (Å²) in [6, 6.07) is 7.32. The van der Waals surface area contributed by atoms with Crippen LogP contribution >= 0.6 is 0 Å². The molecule has 11 heteroatoms. The lowest BCUT2D eigenvalue weighted by Gasteiger charge is -2.33. The molecule has 0 saturated carbocycles. The summed E-state index contributed by atoms with van der Waals surface area (Å²) in [5.41, 5.74) is 2.13. The van der Waals surface area contributed by atoms with E-state index in [4.69, 9.17) is 0 Å². The van der Waals surface area contributed by atoms with Crippen LogP contribution in [0.5, 0.6) is 0 Å². The fraction of sp³-hybridized carbons (Fsp3) is 0.211. The predicted octanol–water partition coefficient (Wildman–Crippen LogP) is 3.09. The van der Waals surface area contributed by atoms with E-state index in [9.17, 15) is 26.9 Å². The molecule has 152 valence electrons. The summed E-state index contributed by atoms with van der Waals surface area (Å²) in [6.45, 7) is 0. The van der Waals surface area contributed by atoms with Gasteiger partial charge in [0.15, 0.2) is 0 Å². The van der Waals surface area contributed by atoms with Gasteiger partial charge in [-0.2, -0.15) is 27.8 Å². The molecule has 3 aromatic rings. The number of H-pyrrole nitrogens is 1. The van der Waals surface area contributed by atoms with Crippen molar-refractivity contribution >= 4 is 10.0 Å². The Labute approximate surface area is 168 Å². The van der Waals surface area contributed by atoms with Crippen LogP contribution in [-0.2, 0) is 22.6 Å². The first-order valence-corrected chi connectivity index (χ1v) is 10.3. The highest BCUT2D eigenvalue weighted by Crippen LogP contribution is 2.53. The molecular formula is C19H12F3N5O2S. The standard InChI is InChI=1S/C19H12F3N5O2S/c20-19(21,22)17-4-2-11(8-24-17)30(28,29)27-16-6-15-14(9-25-26-15)18(27)12-3-1-10(7-23)5-13(12)16/h1-5,8-9,16,18H,6H2,(H,25,26). The van der Waals surface area contributed by atoms with E-state index < -0.39 is 34.0 Å². The third-order valence-electron chi connectivity index (χ3n) is 5.48. The largest absolute Gasteiger partial charge is 0.433 e. The summed E-state index contributed by atoms with van der Waals surface area (Å²) in [7, 11) is -4.19. The molecule has 0 aliphatic carbocycles. The van der Waals surface area contributed by atoms with Crippen molar-refractivity contribution in [2.75, 3.05) is 0 Å². The molecule has 5 rings (SSSR count). The number of rotatable bonds is 2. The number of alkyl halides is 3. The second-order valence-electron chi connectivity index (χ2n) is 7.09. The van der Waals surface area contributed by atoms with Crippen LogP contribution in [0, 0.1) is 11.3 Å². The summed E-state index contributed by atoms with van der Waals surface area (Å²) in [5, 5.41) is 16.1. The third-order valence-corrected chi connectivity index (χ3v) is 7.33. The van der Waals surface area contributed by atoms with Crippen molar-refractivity contribution in [1.82, 2.24) is 19.5 Å². The van der Waals surface area contributed by atoms with Gasteiger partial charge in [0.05, 0.1) is 29.9 Å². The van der Waals surface area contributed by atoms with E-state index in [0.717, 1.165) is 23.5 Å². The molecule has 1 N–H and O–H groups in total. The van der Waals surface area contributed by atoms with Crippen molar-refractivity contribution in [2.24, 2.45) is 0 Å². The smallest absolute Gasteiger partial charge is 0.282 e. The van der Waals surface area contributed by atoms with Crippen LogP contribution in [0.2, 0.25) is 0 Å². The third kappa shape index (κ3) is 2.57. The maximum atomic E-state index is 13.5. The van der Waals surface area contributed by atoms with Crippen molar-refractivity contribution in [3.63, 3.8) is 0 Å². The second kappa shape index (κ2) is 6.13. The number of fused-ring (bicyclic) bond motifs is 7. The van der Waals surface area contributed by atoms with Gasteiger partial charge in [0.1, 0.15) is 10.6 Å². The number of nitrogens with one attached hydrogen (secondary N) is 1. The van der Waals surface area contributed by atoms with Crippen LogP contribution in [0.25, 0.3) is 0 Å². The molecule has 2 bridgehead atoms. The average molecular weight is 431 g/mol.